The zero-order chi connectivity index (χ0) is 14.8. The van der Waals surface area contributed by atoms with E-state index in [2.05, 4.69) is 33.7 Å². The van der Waals surface area contributed by atoms with Crippen molar-refractivity contribution in [2.75, 3.05) is 66.5 Å². The second-order valence-corrected chi connectivity index (χ2v) is 7.24. The minimum atomic E-state index is 0.385. The van der Waals surface area contributed by atoms with Crippen LogP contribution in [0.2, 0.25) is 0 Å². The van der Waals surface area contributed by atoms with Crippen LogP contribution in [0, 0.1) is 5.92 Å². The molecule has 3 aliphatic heterocycles. The first-order valence-corrected chi connectivity index (χ1v) is 8.50. The van der Waals surface area contributed by atoms with Gasteiger partial charge in [0.2, 0.25) is 5.91 Å². The van der Waals surface area contributed by atoms with Gasteiger partial charge in [0.1, 0.15) is 0 Å². The van der Waals surface area contributed by atoms with Crippen molar-refractivity contribution in [3.63, 3.8) is 0 Å². The van der Waals surface area contributed by atoms with E-state index in [1.54, 1.807) is 0 Å². The van der Waals surface area contributed by atoms with Crippen molar-refractivity contribution in [1.29, 1.82) is 0 Å². The van der Waals surface area contributed by atoms with Crippen LogP contribution in [0.3, 0.4) is 0 Å². The Balaban J connectivity index is 1.39. The summed E-state index contributed by atoms with van der Waals surface area (Å²) in [7, 11) is 4.34. The molecule has 21 heavy (non-hydrogen) atoms. The molecule has 0 saturated carbocycles. The number of piperidine rings is 1. The highest BCUT2D eigenvalue weighted by Gasteiger charge is 2.31. The Labute approximate surface area is 128 Å². The van der Waals surface area contributed by atoms with Crippen LogP contribution >= 0.6 is 0 Å². The molecule has 120 valence electrons. The first kappa shape index (κ1) is 15.3. The fourth-order valence-corrected chi connectivity index (χ4v) is 4.03. The molecule has 0 aromatic heterocycles. The van der Waals surface area contributed by atoms with Gasteiger partial charge in [-0.2, -0.15) is 0 Å². The fourth-order valence-electron chi connectivity index (χ4n) is 4.03. The topological polar surface area (TPSA) is 30.0 Å². The molecule has 5 nitrogen and oxygen atoms in total. The molecule has 0 radical (unpaired) electrons. The van der Waals surface area contributed by atoms with Crippen molar-refractivity contribution in [3.05, 3.63) is 0 Å². The molecule has 1 amide bonds. The summed E-state index contributed by atoms with van der Waals surface area (Å²) in [4.78, 5) is 21.7. The van der Waals surface area contributed by atoms with Gasteiger partial charge in [0.15, 0.2) is 0 Å². The highest BCUT2D eigenvalue weighted by Crippen LogP contribution is 2.20. The molecular weight excluding hydrogens is 264 g/mol. The van der Waals surface area contributed by atoms with Crippen LogP contribution in [-0.2, 0) is 4.79 Å². The number of nitrogens with zero attached hydrogens (tertiary/aromatic N) is 4. The third-order valence-corrected chi connectivity index (χ3v) is 5.47. The predicted octanol–water partition coefficient (Wildman–Crippen LogP) is 0.177. The quantitative estimate of drug-likeness (QED) is 0.743. The summed E-state index contributed by atoms with van der Waals surface area (Å²) >= 11 is 0. The smallest absolute Gasteiger partial charge is 0.223 e. The predicted molar refractivity (Wildman–Crippen MR) is 84.3 cm³/mol. The van der Waals surface area contributed by atoms with E-state index in [0.29, 0.717) is 11.8 Å². The molecule has 0 atom stereocenters. The van der Waals surface area contributed by atoms with E-state index in [1.807, 2.05) is 0 Å². The summed E-state index contributed by atoms with van der Waals surface area (Å²) in [6, 6.07) is 0.749. The van der Waals surface area contributed by atoms with Crippen LogP contribution in [0.15, 0.2) is 0 Å². The summed E-state index contributed by atoms with van der Waals surface area (Å²) in [6.07, 6.45) is 3.34. The number of amides is 1. The molecule has 0 aliphatic carbocycles. The van der Waals surface area contributed by atoms with Crippen LogP contribution in [0.25, 0.3) is 0 Å². The summed E-state index contributed by atoms with van der Waals surface area (Å²) in [5.41, 5.74) is 0. The van der Waals surface area contributed by atoms with Gasteiger partial charge >= 0.3 is 0 Å². The summed E-state index contributed by atoms with van der Waals surface area (Å²) in [5.74, 6) is 0.991. The van der Waals surface area contributed by atoms with E-state index in [4.69, 9.17) is 0 Å². The maximum absolute atomic E-state index is 12.3. The highest BCUT2D eigenvalue weighted by atomic mass is 16.2. The highest BCUT2D eigenvalue weighted by molar-refractivity contribution is 5.76. The molecule has 0 aromatic carbocycles. The number of piperazine rings is 1. The number of carbonyl (C=O) groups excluding carboxylic acids is 1. The van der Waals surface area contributed by atoms with Crippen LogP contribution < -0.4 is 0 Å². The molecule has 3 saturated heterocycles. The zero-order valence-corrected chi connectivity index (χ0v) is 13.6. The van der Waals surface area contributed by atoms with E-state index >= 15 is 0 Å². The van der Waals surface area contributed by atoms with Crippen LogP contribution in [-0.4, -0.2) is 98.0 Å². The minimum Gasteiger partial charge on any atom is -0.340 e. The molecule has 0 aromatic rings. The van der Waals surface area contributed by atoms with E-state index in [9.17, 15) is 4.79 Å². The molecule has 3 fully saturated rings. The Morgan fingerprint density at radius 1 is 0.905 bits per heavy atom. The van der Waals surface area contributed by atoms with Gasteiger partial charge in [-0.05, 0) is 45.9 Å². The average Bonchev–Trinajstić information content (AvgIpc) is 2.46. The van der Waals surface area contributed by atoms with Gasteiger partial charge in [-0.15, -0.1) is 0 Å². The Kier molecular flexibility index (Phi) is 4.82. The summed E-state index contributed by atoms with van der Waals surface area (Å²) < 4.78 is 0. The van der Waals surface area contributed by atoms with Crippen molar-refractivity contribution >= 4 is 5.91 Å². The second kappa shape index (κ2) is 6.63. The Morgan fingerprint density at radius 2 is 1.52 bits per heavy atom. The van der Waals surface area contributed by atoms with Gasteiger partial charge in [0.05, 0.1) is 0 Å². The van der Waals surface area contributed by atoms with E-state index in [0.717, 1.165) is 51.7 Å². The van der Waals surface area contributed by atoms with Crippen molar-refractivity contribution in [2.24, 2.45) is 5.92 Å². The molecule has 3 aliphatic rings. The number of likely N-dealkylation sites (tertiary alicyclic amines) is 2. The Bertz CT molecular complexity index is 353. The van der Waals surface area contributed by atoms with Gasteiger partial charge < -0.3 is 14.7 Å². The first-order valence-electron chi connectivity index (χ1n) is 8.50. The van der Waals surface area contributed by atoms with Crippen LogP contribution in [0.1, 0.15) is 19.3 Å². The van der Waals surface area contributed by atoms with Gasteiger partial charge in [0.25, 0.3) is 0 Å². The number of hydrogen-bond donors (Lipinski definition) is 0. The monoisotopic (exact) mass is 294 g/mol. The standard InChI is InChI=1S/C16H30N4O/c1-17-5-3-15(4-6-17)19-7-9-20(10-8-19)16(21)11-14-12-18(2)13-14/h14-15H,3-13H2,1-2H3. The molecule has 5 heteroatoms. The van der Waals surface area contributed by atoms with Gasteiger partial charge in [0, 0.05) is 51.7 Å². The zero-order valence-electron chi connectivity index (χ0n) is 13.6. The lowest BCUT2D eigenvalue weighted by Gasteiger charge is -2.43. The average molecular weight is 294 g/mol. The molecule has 0 bridgehead atoms. The summed E-state index contributed by atoms with van der Waals surface area (Å²) in [5, 5.41) is 0. The lowest BCUT2D eigenvalue weighted by molar-refractivity contribution is -0.135. The van der Waals surface area contributed by atoms with Crippen LogP contribution in [0.5, 0.6) is 0 Å². The Hall–Kier alpha value is -0.650. The van der Waals surface area contributed by atoms with Crippen molar-refractivity contribution in [1.82, 2.24) is 19.6 Å². The molecule has 3 rings (SSSR count). The Morgan fingerprint density at radius 3 is 2.10 bits per heavy atom. The molecule has 0 unspecified atom stereocenters. The number of hydrogen-bond acceptors (Lipinski definition) is 4. The van der Waals surface area contributed by atoms with Crippen molar-refractivity contribution < 1.29 is 4.79 Å². The first-order chi connectivity index (χ1) is 10.1. The number of carbonyl (C=O) groups is 1. The lowest BCUT2D eigenvalue weighted by atomic mass is 9.96. The maximum atomic E-state index is 12.3. The van der Waals surface area contributed by atoms with E-state index < -0.39 is 0 Å². The molecule has 0 spiro atoms. The second-order valence-electron chi connectivity index (χ2n) is 7.24. The summed E-state index contributed by atoms with van der Waals surface area (Å²) in [6.45, 7) is 8.66. The largest absolute Gasteiger partial charge is 0.340 e. The van der Waals surface area contributed by atoms with Gasteiger partial charge in [-0.3, -0.25) is 9.69 Å². The lowest BCUT2D eigenvalue weighted by Crippen LogP contribution is -2.55. The number of rotatable bonds is 3. The van der Waals surface area contributed by atoms with Crippen molar-refractivity contribution in [2.45, 2.75) is 25.3 Å². The normalized spacial score (nSPS) is 27.8. The van der Waals surface area contributed by atoms with Crippen molar-refractivity contribution in [3.8, 4) is 0 Å². The third kappa shape index (κ3) is 3.76. The van der Waals surface area contributed by atoms with Gasteiger partial charge in [-0.1, -0.05) is 0 Å². The van der Waals surface area contributed by atoms with E-state index in [1.165, 1.54) is 25.9 Å². The molecular formula is C16H30N4O. The maximum Gasteiger partial charge on any atom is 0.223 e. The third-order valence-electron chi connectivity index (χ3n) is 5.47. The minimum absolute atomic E-state index is 0.385. The fraction of sp³-hybridized carbons (Fsp3) is 0.938. The van der Waals surface area contributed by atoms with Gasteiger partial charge in [-0.25, -0.2) is 0 Å². The molecule has 3 heterocycles. The van der Waals surface area contributed by atoms with Crippen LogP contribution in [0.4, 0.5) is 0 Å². The van der Waals surface area contributed by atoms with E-state index in [-0.39, 0.29) is 0 Å². The molecule has 0 N–H and O–H groups in total. The SMILES string of the molecule is CN1CCC(N2CCN(C(=O)CC3CN(C)C3)CC2)CC1.